The molecule has 0 spiro atoms. The third-order valence-corrected chi connectivity index (χ3v) is 9.40. The minimum atomic E-state index is -4.78. The summed E-state index contributed by atoms with van der Waals surface area (Å²) < 4.78 is 34.9. The van der Waals surface area contributed by atoms with E-state index < -0.39 is 46.1 Å². The van der Waals surface area contributed by atoms with Crippen LogP contribution in [-0.4, -0.2) is 64.3 Å². The summed E-state index contributed by atoms with van der Waals surface area (Å²) in [6.07, 6.45) is -1.44. The second kappa shape index (κ2) is 10.6. The summed E-state index contributed by atoms with van der Waals surface area (Å²) in [5, 5.41) is 19.0. The van der Waals surface area contributed by atoms with Gasteiger partial charge >= 0.3 is 15.2 Å². The van der Waals surface area contributed by atoms with Crippen LogP contribution in [0.5, 0.6) is 0 Å². The minimum absolute atomic E-state index is 0.0411. The van der Waals surface area contributed by atoms with Crippen molar-refractivity contribution in [2.45, 2.75) is 37.8 Å². The molecule has 0 amide bonds. The van der Waals surface area contributed by atoms with E-state index in [4.69, 9.17) is 42.2 Å². The quantitative estimate of drug-likeness (QED) is 0.183. The largest absolute Gasteiger partial charge is 0.390 e. The number of fused-ring (bicyclic) bond motifs is 1. The van der Waals surface area contributed by atoms with Crippen molar-refractivity contribution in [3.05, 3.63) is 46.3 Å². The van der Waals surface area contributed by atoms with Crippen LogP contribution in [0.25, 0.3) is 11.0 Å². The van der Waals surface area contributed by atoms with Crippen molar-refractivity contribution in [2.24, 2.45) is 0 Å². The maximum atomic E-state index is 11.9. The number of rotatable bonds is 9. The van der Waals surface area contributed by atoms with Gasteiger partial charge in [0.1, 0.15) is 11.9 Å². The topological polar surface area (TPSA) is 189 Å². The van der Waals surface area contributed by atoms with Crippen LogP contribution in [0.2, 0.25) is 10.3 Å². The normalized spacial score (nSPS) is 23.0. The Bertz CT molecular complexity index is 1350. The lowest BCUT2D eigenvalue weighted by Crippen LogP contribution is -2.26. The first-order valence-corrected chi connectivity index (χ1v) is 14.9. The highest BCUT2D eigenvalue weighted by Gasteiger charge is 2.39. The van der Waals surface area contributed by atoms with Gasteiger partial charge in [-0.25, -0.2) is 4.68 Å². The number of hydrogen-bond donors (Lipinski definition) is 5. The third-order valence-electron chi connectivity index (χ3n) is 5.43. The Kier molecular flexibility index (Phi) is 8.09. The van der Waals surface area contributed by atoms with E-state index in [-0.39, 0.29) is 17.7 Å². The number of aromatic nitrogens is 4. The van der Waals surface area contributed by atoms with Crippen molar-refractivity contribution in [1.82, 2.24) is 19.7 Å². The molecule has 17 heteroatoms. The zero-order valence-corrected chi connectivity index (χ0v) is 22.0. The maximum Gasteiger partial charge on any atom is 0.340 e. The highest BCUT2D eigenvalue weighted by Crippen LogP contribution is 2.55. The summed E-state index contributed by atoms with van der Waals surface area (Å²) in [5.74, 6) is -0.936. The third kappa shape index (κ3) is 6.43. The van der Waals surface area contributed by atoms with Crippen LogP contribution in [0, 0.1) is 0 Å². The van der Waals surface area contributed by atoms with E-state index in [1.165, 1.54) is 10.9 Å². The van der Waals surface area contributed by atoms with E-state index in [9.17, 15) is 19.1 Å². The molecule has 1 unspecified atom stereocenters. The number of anilines is 1. The Hall–Kier alpha value is -1.63. The molecule has 1 aliphatic heterocycles. The Balaban J connectivity index is 1.52. The van der Waals surface area contributed by atoms with Crippen molar-refractivity contribution in [3.63, 3.8) is 0 Å². The lowest BCUT2D eigenvalue weighted by molar-refractivity contribution is -0.0434. The Morgan fingerprint density at radius 1 is 1.25 bits per heavy atom. The maximum absolute atomic E-state index is 11.9. The van der Waals surface area contributed by atoms with E-state index in [2.05, 4.69) is 20.4 Å². The molecule has 1 aliphatic rings. The molecule has 196 valence electrons. The van der Waals surface area contributed by atoms with Gasteiger partial charge in [0, 0.05) is 11.4 Å². The highest BCUT2D eigenvalue weighted by molar-refractivity contribution is 7.70. The summed E-state index contributed by atoms with van der Waals surface area (Å²) in [6.45, 7) is 1.34. The SMILES string of the molecule is C[C@@H](Nc1nc(Cl)nc2c1cnn2[C@H]1C[C@H](O)[C@@H](COP(=O)(O)CP(=O)(O)O)O1)c1ccccc1Cl. The van der Waals surface area contributed by atoms with Gasteiger partial charge < -0.3 is 34.4 Å². The molecular weight excluding hydrogens is 559 g/mol. The van der Waals surface area contributed by atoms with Gasteiger partial charge in [-0.15, -0.1) is 0 Å². The summed E-state index contributed by atoms with van der Waals surface area (Å²) in [6, 6.07) is 7.12. The van der Waals surface area contributed by atoms with Crippen LogP contribution in [0.3, 0.4) is 0 Å². The Morgan fingerprint density at radius 2 is 1.97 bits per heavy atom. The zero-order chi connectivity index (χ0) is 26.3. The highest BCUT2D eigenvalue weighted by atomic mass is 35.5. The number of halogens is 2. The fourth-order valence-electron chi connectivity index (χ4n) is 3.81. The van der Waals surface area contributed by atoms with Gasteiger partial charge in [-0.3, -0.25) is 9.13 Å². The summed E-state index contributed by atoms with van der Waals surface area (Å²) in [5.41, 5.74) is 1.16. The molecule has 5 N–H and O–H groups in total. The Morgan fingerprint density at radius 3 is 2.67 bits per heavy atom. The molecule has 1 aromatic carbocycles. The predicted octanol–water partition coefficient (Wildman–Crippen LogP) is 3.29. The van der Waals surface area contributed by atoms with E-state index >= 15 is 0 Å². The van der Waals surface area contributed by atoms with E-state index in [1.54, 1.807) is 6.07 Å². The number of nitrogens with one attached hydrogen (secondary N) is 1. The number of aliphatic hydroxyl groups excluding tert-OH is 1. The average molecular weight is 582 g/mol. The first kappa shape index (κ1) is 27.4. The molecule has 36 heavy (non-hydrogen) atoms. The van der Waals surface area contributed by atoms with Crippen molar-refractivity contribution in [3.8, 4) is 0 Å². The number of aliphatic hydroxyl groups is 1. The van der Waals surface area contributed by atoms with E-state index in [1.807, 2.05) is 25.1 Å². The fourth-order valence-corrected chi connectivity index (χ4v) is 6.84. The molecule has 0 bridgehead atoms. The molecule has 3 heterocycles. The van der Waals surface area contributed by atoms with Crippen LogP contribution in [-0.2, 0) is 18.4 Å². The number of hydrogen-bond acceptors (Lipinski definition) is 9. The van der Waals surface area contributed by atoms with Gasteiger partial charge in [-0.05, 0) is 30.2 Å². The van der Waals surface area contributed by atoms with Crippen molar-refractivity contribution in [2.75, 3.05) is 17.8 Å². The standard InChI is InChI=1S/C19H23Cl2N5O8P2/c1-10(11-4-2-3-5-13(11)20)23-17-12-7-22-26(18(12)25-19(21)24-17)16-6-14(27)15(34-16)8-33-36(31,32)9-35(28,29)30/h2-5,7,10,14-16,27H,6,8-9H2,1H3,(H,31,32)(H,23,24,25)(H2,28,29,30)/t10-,14+,15-,16-/m1/s1. The summed E-state index contributed by atoms with van der Waals surface area (Å²) in [4.78, 5) is 36.0. The fraction of sp³-hybridized carbons (Fsp3) is 0.421. The Labute approximate surface area is 215 Å². The molecule has 1 fully saturated rings. The molecule has 13 nitrogen and oxygen atoms in total. The molecule has 5 atom stereocenters. The molecule has 0 aliphatic carbocycles. The van der Waals surface area contributed by atoms with Crippen molar-refractivity contribution in [1.29, 1.82) is 0 Å². The van der Waals surface area contributed by atoms with Crippen LogP contribution in [0.1, 0.15) is 31.2 Å². The smallest absolute Gasteiger partial charge is 0.340 e. The molecule has 3 aromatic rings. The molecule has 0 saturated carbocycles. The van der Waals surface area contributed by atoms with Gasteiger partial charge in [0.25, 0.3) is 0 Å². The first-order chi connectivity index (χ1) is 16.8. The predicted molar refractivity (Wildman–Crippen MR) is 131 cm³/mol. The van der Waals surface area contributed by atoms with Crippen molar-refractivity contribution >= 4 is 55.2 Å². The van der Waals surface area contributed by atoms with Gasteiger partial charge in [-0.2, -0.15) is 15.1 Å². The second-order valence-electron chi connectivity index (χ2n) is 8.23. The molecule has 2 aromatic heterocycles. The monoisotopic (exact) mass is 581 g/mol. The number of ether oxygens (including phenoxy) is 1. The van der Waals surface area contributed by atoms with Crippen LogP contribution in [0.15, 0.2) is 30.5 Å². The lowest BCUT2D eigenvalue weighted by Gasteiger charge is -2.18. The van der Waals surface area contributed by atoms with Gasteiger partial charge in [0.15, 0.2) is 17.8 Å². The van der Waals surface area contributed by atoms with E-state index in [0.717, 1.165) is 5.56 Å². The molecule has 1 saturated heterocycles. The second-order valence-corrected chi connectivity index (χ2v) is 13.0. The van der Waals surface area contributed by atoms with E-state index in [0.29, 0.717) is 21.9 Å². The lowest BCUT2D eigenvalue weighted by atomic mass is 10.1. The van der Waals surface area contributed by atoms with Gasteiger partial charge in [-0.1, -0.05) is 29.8 Å². The number of nitrogens with zero attached hydrogens (tertiary/aromatic N) is 4. The minimum Gasteiger partial charge on any atom is -0.390 e. The summed E-state index contributed by atoms with van der Waals surface area (Å²) >= 11 is 12.5. The van der Waals surface area contributed by atoms with Gasteiger partial charge in [0.2, 0.25) is 5.28 Å². The van der Waals surface area contributed by atoms with Crippen molar-refractivity contribution < 1.29 is 38.2 Å². The first-order valence-electron chi connectivity index (χ1n) is 10.6. The molecule has 0 radical (unpaired) electrons. The van der Waals surface area contributed by atoms with Crippen LogP contribution >= 0.6 is 38.4 Å². The van der Waals surface area contributed by atoms with Gasteiger partial charge in [0.05, 0.1) is 30.3 Å². The average Bonchev–Trinajstić information content (AvgIpc) is 3.34. The van der Waals surface area contributed by atoms with Crippen LogP contribution in [0.4, 0.5) is 5.82 Å². The summed E-state index contributed by atoms with van der Waals surface area (Å²) in [7, 11) is -9.38. The number of benzene rings is 1. The molecule has 4 rings (SSSR count). The molecular formula is C19H23Cl2N5O8P2. The van der Waals surface area contributed by atoms with Crippen LogP contribution < -0.4 is 5.32 Å². The zero-order valence-electron chi connectivity index (χ0n) is 18.7.